The monoisotopic (exact) mass is 435 g/mol. The van der Waals surface area contributed by atoms with Crippen LogP contribution in [0.3, 0.4) is 0 Å². The molecule has 7 heteroatoms. The smallest absolute Gasteiger partial charge is 0.338 e. The molecule has 32 heavy (non-hydrogen) atoms. The van der Waals surface area contributed by atoms with Gasteiger partial charge in [-0.05, 0) is 57.5 Å². The molecule has 0 bridgehead atoms. The van der Waals surface area contributed by atoms with Crippen LogP contribution in [-0.2, 0) is 22.6 Å². The number of benzene rings is 2. The topological polar surface area (TPSA) is 82.5 Å². The summed E-state index contributed by atoms with van der Waals surface area (Å²) in [5, 5.41) is 7.50. The summed E-state index contributed by atoms with van der Waals surface area (Å²) in [5.41, 5.74) is 4.53. The van der Waals surface area contributed by atoms with E-state index in [1.807, 2.05) is 36.7 Å². The van der Waals surface area contributed by atoms with Crippen molar-refractivity contribution in [2.24, 2.45) is 0 Å². The minimum Gasteiger partial charge on any atom is -0.484 e. The zero-order valence-electron chi connectivity index (χ0n) is 18.9. The molecule has 0 aliphatic heterocycles. The Morgan fingerprint density at radius 3 is 2.38 bits per heavy atom. The molecule has 0 fully saturated rings. The number of amides is 1. The minimum absolute atomic E-state index is 0.119. The van der Waals surface area contributed by atoms with Crippen molar-refractivity contribution in [3.05, 3.63) is 82.7 Å². The summed E-state index contributed by atoms with van der Waals surface area (Å²) in [4.78, 5) is 24.1. The molecule has 0 aliphatic rings. The molecule has 1 heterocycles. The van der Waals surface area contributed by atoms with Crippen molar-refractivity contribution in [1.82, 2.24) is 15.1 Å². The number of ether oxygens (including phenoxy) is 2. The largest absolute Gasteiger partial charge is 0.484 e. The fraction of sp³-hybridized carbons (Fsp3) is 0.320. The van der Waals surface area contributed by atoms with Gasteiger partial charge < -0.3 is 14.8 Å². The average molecular weight is 436 g/mol. The summed E-state index contributed by atoms with van der Waals surface area (Å²) >= 11 is 0. The maximum atomic E-state index is 12.3. The Labute approximate surface area is 188 Å². The number of nitrogens with one attached hydrogen (secondary N) is 1. The summed E-state index contributed by atoms with van der Waals surface area (Å²) in [6.07, 6.45) is -0.181. The van der Waals surface area contributed by atoms with E-state index in [0.29, 0.717) is 24.4 Å². The Morgan fingerprint density at radius 1 is 1.03 bits per heavy atom. The maximum Gasteiger partial charge on any atom is 0.338 e. The van der Waals surface area contributed by atoms with Crippen LogP contribution in [0.15, 0.2) is 54.6 Å². The van der Waals surface area contributed by atoms with E-state index < -0.39 is 0 Å². The molecule has 0 radical (unpaired) electrons. The second-order valence-electron chi connectivity index (χ2n) is 7.84. The van der Waals surface area contributed by atoms with Crippen molar-refractivity contribution in [3.63, 3.8) is 0 Å². The summed E-state index contributed by atoms with van der Waals surface area (Å²) in [6, 6.07) is 16.7. The van der Waals surface area contributed by atoms with Crippen LogP contribution in [0.5, 0.6) is 5.75 Å². The highest BCUT2D eigenvalue weighted by molar-refractivity contribution is 5.89. The lowest BCUT2D eigenvalue weighted by Crippen LogP contribution is -2.28. The zero-order valence-corrected chi connectivity index (χ0v) is 18.9. The molecule has 3 rings (SSSR count). The molecule has 168 valence electrons. The summed E-state index contributed by atoms with van der Waals surface area (Å²) in [5.74, 6) is -0.116. The fourth-order valence-electron chi connectivity index (χ4n) is 3.26. The molecule has 0 spiro atoms. The van der Waals surface area contributed by atoms with Crippen LogP contribution in [0.2, 0.25) is 0 Å². The first-order chi connectivity index (χ1) is 15.3. The predicted octanol–water partition coefficient (Wildman–Crippen LogP) is 3.81. The van der Waals surface area contributed by atoms with Gasteiger partial charge in [-0.25, -0.2) is 4.79 Å². The first kappa shape index (κ1) is 23.1. The van der Waals surface area contributed by atoms with E-state index in [1.165, 1.54) is 5.56 Å². The second kappa shape index (κ2) is 10.6. The first-order valence-corrected chi connectivity index (χ1v) is 10.6. The number of carbonyl (C=O) groups is 2. The van der Waals surface area contributed by atoms with Gasteiger partial charge in [-0.15, -0.1) is 0 Å². The van der Waals surface area contributed by atoms with Crippen LogP contribution < -0.4 is 10.1 Å². The Hall–Kier alpha value is -3.61. The number of hydrogen-bond donors (Lipinski definition) is 1. The molecule has 1 N–H and O–H groups in total. The molecule has 0 atom stereocenters. The van der Waals surface area contributed by atoms with E-state index in [0.717, 1.165) is 17.0 Å². The standard InChI is InChI=1S/C25H29N3O4/c1-17(2)32-25(30)21-10-12-22(13-11-21)31-16-24(29)26-14-23-18(3)27-28(19(23)4)15-20-8-6-5-7-9-20/h5-13,17H,14-16H2,1-4H3,(H,26,29). The van der Waals surface area contributed by atoms with Gasteiger partial charge >= 0.3 is 5.97 Å². The lowest BCUT2D eigenvalue weighted by atomic mass is 10.2. The summed E-state index contributed by atoms with van der Waals surface area (Å²) < 4.78 is 12.6. The van der Waals surface area contributed by atoms with Crippen molar-refractivity contribution in [1.29, 1.82) is 0 Å². The lowest BCUT2D eigenvalue weighted by Gasteiger charge is -2.10. The molecule has 3 aromatic rings. The number of carbonyl (C=O) groups excluding carboxylic acids is 2. The van der Waals surface area contributed by atoms with Gasteiger partial charge in [0.1, 0.15) is 5.75 Å². The molecule has 0 aliphatic carbocycles. The maximum absolute atomic E-state index is 12.3. The van der Waals surface area contributed by atoms with Crippen LogP contribution in [0.4, 0.5) is 0 Å². The van der Waals surface area contributed by atoms with E-state index in [2.05, 4.69) is 22.5 Å². The molecule has 0 saturated heterocycles. The van der Waals surface area contributed by atoms with Gasteiger partial charge in [-0.3, -0.25) is 9.48 Å². The lowest BCUT2D eigenvalue weighted by molar-refractivity contribution is -0.123. The number of aromatic nitrogens is 2. The van der Waals surface area contributed by atoms with Crippen molar-refractivity contribution in [2.75, 3.05) is 6.61 Å². The Kier molecular flexibility index (Phi) is 7.65. The van der Waals surface area contributed by atoms with Gasteiger partial charge in [0.05, 0.1) is 23.9 Å². The Bertz CT molecular complexity index is 1060. The third kappa shape index (κ3) is 6.20. The van der Waals surface area contributed by atoms with E-state index in [9.17, 15) is 9.59 Å². The van der Waals surface area contributed by atoms with Crippen molar-refractivity contribution in [3.8, 4) is 5.75 Å². The van der Waals surface area contributed by atoms with Crippen LogP contribution in [-0.4, -0.2) is 34.4 Å². The van der Waals surface area contributed by atoms with Crippen LogP contribution in [0.25, 0.3) is 0 Å². The molecular formula is C25H29N3O4. The van der Waals surface area contributed by atoms with E-state index in [-0.39, 0.29) is 24.6 Å². The van der Waals surface area contributed by atoms with E-state index >= 15 is 0 Å². The molecule has 2 aromatic carbocycles. The zero-order chi connectivity index (χ0) is 23.1. The normalized spacial score (nSPS) is 10.8. The number of esters is 1. The van der Waals surface area contributed by atoms with Crippen molar-refractivity contribution >= 4 is 11.9 Å². The van der Waals surface area contributed by atoms with E-state index in [1.54, 1.807) is 38.1 Å². The SMILES string of the molecule is Cc1nn(Cc2ccccc2)c(C)c1CNC(=O)COc1ccc(C(=O)OC(C)C)cc1. The van der Waals surface area contributed by atoms with Crippen LogP contribution in [0.1, 0.15) is 46.7 Å². The van der Waals surface area contributed by atoms with Gasteiger partial charge in [-0.1, -0.05) is 30.3 Å². The Balaban J connectivity index is 1.50. The number of nitrogens with zero attached hydrogens (tertiary/aromatic N) is 2. The minimum atomic E-state index is -0.386. The number of hydrogen-bond acceptors (Lipinski definition) is 5. The van der Waals surface area contributed by atoms with Crippen molar-refractivity contribution < 1.29 is 19.1 Å². The summed E-state index contributed by atoms with van der Waals surface area (Å²) in [7, 11) is 0. The molecule has 1 amide bonds. The molecular weight excluding hydrogens is 406 g/mol. The molecule has 1 aromatic heterocycles. The first-order valence-electron chi connectivity index (χ1n) is 10.6. The van der Waals surface area contributed by atoms with Crippen LogP contribution in [0, 0.1) is 13.8 Å². The third-order valence-electron chi connectivity index (χ3n) is 4.97. The Morgan fingerprint density at radius 2 is 1.72 bits per heavy atom. The van der Waals surface area contributed by atoms with Crippen molar-refractivity contribution in [2.45, 2.75) is 46.9 Å². The highest BCUT2D eigenvalue weighted by Gasteiger charge is 2.14. The molecule has 0 saturated carbocycles. The second-order valence-corrected chi connectivity index (χ2v) is 7.84. The highest BCUT2D eigenvalue weighted by Crippen LogP contribution is 2.16. The number of aryl methyl sites for hydroxylation is 1. The predicted molar refractivity (Wildman–Crippen MR) is 122 cm³/mol. The van der Waals surface area contributed by atoms with Crippen LogP contribution >= 0.6 is 0 Å². The average Bonchev–Trinajstić information content (AvgIpc) is 3.03. The van der Waals surface area contributed by atoms with Gasteiger partial charge in [0.2, 0.25) is 0 Å². The fourth-order valence-corrected chi connectivity index (χ4v) is 3.26. The van der Waals surface area contributed by atoms with Gasteiger partial charge in [0.15, 0.2) is 6.61 Å². The highest BCUT2D eigenvalue weighted by atomic mass is 16.5. The quantitative estimate of drug-likeness (QED) is 0.517. The summed E-state index contributed by atoms with van der Waals surface area (Å²) in [6.45, 7) is 8.49. The third-order valence-corrected chi connectivity index (χ3v) is 4.97. The van der Waals surface area contributed by atoms with E-state index in [4.69, 9.17) is 9.47 Å². The van der Waals surface area contributed by atoms with Gasteiger partial charge in [0.25, 0.3) is 5.91 Å². The molecule has 7 nitrogen and oxygen atoms in total. The van der Waals surface area contributed by atoms with Gasteiger partial charge in [-0.2, -0.15) is 5.10 Å². The van der Waals surface area contributed by atoms with Gasteiger partial charge in [0, 0.05) is 17.8 Å². The number of rotatable bonds is 9. The molecule has 0 unspecified atom stereocenters.